The molecule has 0 spiro atoms. The molecule has 0 bridgehead atoms. The van der Waals surface area contributed by atoms with Crippen LogP contribution >= 0.6 is 0 Å². The maximum absolute atomic E-state index is 12.6. The van der Waals surface area contributed by atoms with Crippen LogP contribution in [0, 0.1) is 0 Å². The van der Waals surface area contributed by atoms with Gasteiger partial charge in [-0.05, 0) is 51.5 Å². The van der Waals surface area contributed by atoms with Crippen molar-refractivity contribution in [3.05, 3.63) is 35.9 Å². The lowest BCUT2D eigenvalue weighted by Crippen LogP contribution is -2.43. The van der Waals surface area contributed by atoms with Crippen LogP contribution in [-0.2, 0) is 6.42 Å². The van der Waals surface area contributed by atoms with E-state index in [-0.39, 0.29) is 11.9 Å². The molecule has 126 valence electrons. The largest absolute Gasteiger partial charge is 0.493 e. The van der Waals surface area contributed by atoms with E-state index in [0.717, 1.165) is 31.5 Å². The standard InChI is InChI=1S/C18H26N2O3/c1-5-6-13-11-14(12-16(22-3)17(13)23-4)18(21)19-15-7-9-20(2)10-8-15/h5,11-12,15H,1,6-10H2,2-4H3,(H,19,21). The predicted molar refractivity (Wildman–Crippen MR) is 91.4 cm³/mol. The Morgan fingerprint density at radius 3 is 2.61 bits per heavy atom. The highest BCUT2D eigenvalue weighted by molar-refractivity contribution is 5.95. The zero-order valence-corrected chi connectivity index (χ0v) is 14.2. The van der Waals surface area contributed by atoms with E-state index in [1.54, 1.807) is 26.4 Å². The lowest BCUT2D eigenvalue weighted by Gasteiger charge is -2.29. The third-order valence-corrected chi connectivity index (χ3v) is 4.24. The Bertz CT molecular complexity index is 564. The van der Waals surface area contributed by atoms with E-state index in [4.69, 9.17) is 9.47 Å². The first-order chi connectivity index (χ1) is 11.1. The topological polar surface area (TPSA) is 50.8 Å². The molecule has 1 aliphatic heterocycles. The van der Waals surface area contributed by atoms with E-state index < -0.39 is 0 Å². The molecule has 23 heavy (non-hydrogen) atoms. The van der Waals surface area contributed by atoms with Gasteiger partial charge < -0.3 is 19.7 Å². The van der Waals surface area contributed by atoms with Crippen molar-refractivity contribution in [2.24, 2.45) is 0 Å². The van der Waals surface area contributed by atoms with Gasteiger partial charge in [-0.25, -0.2) is 0 Å². The Hall–Kier alpha value is -2.01. The molecule has 1 N–H and O–H groups in total. The van der Waals surface area contributed by atoms with Crippen LogP contribution in [0.15, 0.2) is 24.8 Å². The lowest BCUT2D eigenvalue weighted by atomic mass is 10.0. The van der Waals surface area contributed by atoms with Crippen LogP contribution in [0.25, 0.3) is 0 Å². The Labute approximate surface area is 138 Å². The smallest absolute Gasteiger partial charge is 0.251 e. The summed E-state index contributed by atoms with van der Waals surface area (Å²) in [6.45, 7) is 5.79. The van der Waals surface area contributed by atoms with Crippen LogP contribution in [0.3, 0.4) is 0 Å². The highest BCUT2D eigenvalue weighted by Gasteiger charge is 2.21. The number of carbonyl (C=O) groups excluding carboxylic acids is 1. The lowest BCUT2D eigenvalue weighted by molar-refractivity contribution is 0.0916. The predicted octanol–water partition coefficient (Wildman–Crippen LogP) is 2.26. The molecule has 1 saturated heterocycles. The van der Waals surface area contributed by atoms with Crippen molar-refractivity contribution in [3.8, 4) is 11.5 Å². The van der Waals surface area contributed by atoms with Crippen molar-refractivity contribution in [2.75, 3.05) is 34.4 Å². The molecule has 2 rings (SSSR count). The number of allylic oxidation sites excluding steroid dienone is 1. The fourth-order valence-electron chi connectivity index (χ4n) is 2.90. The molecule has 5 heteroatoms. The Morgan fingerprint density at radius 1 is 1.35 bits per heavy atom. The van der Waals surface area contributed by atoms with Gasteiger partial charge in [0.25, 0.3) is 5.91 Å². The van der Waals surface area contributed by atoms with E-state index in [9.17, 15) is 4.79 Å². The van der Waals surface area contributed by atoms with Crippen molar-refractivity contribution in [3.63, 3.8) is 0 Å². The molecular weight excluding hydrogens is 292 g/mol. The summed E-state index contributed by atoms with van der Waals surface area (Å²) in [6, 6.07) is 3.82. The number of carbonyl (C=O) groups is 1. The normalized spacial score (nSPS) is 16.0. The van der Waals surface area contributed by atoms with Gasteiger partial charge in [0, 0.05) is 17.2 Å². The fourth-order valence-corrected chi connectivity index (χ4v) is 2.90. The summed E-state index contributed by atoms with van der Waals surface area (Å²) in [7, 11) is 5.28. The number of piperidine rings is 1. The van der Waals surface area contributed by atoms with Gasteiger partial charge in [0.1, 0.15) is 0 Å². The van der Waals surface area contributed by atoms with E-state index in [2.05, 4.69) is 23.8 Å². The van der Waals surface area contributed by atoms with Crippen molar-refractivity contribution in [1.82, 2.24) is 10.2 Å². The summed E-state index contributed by atoms with van der Waals surface area (Å²) in [5.74, 6) is 1.16. The van der Waals surface area contributed by atoms with Crippen molar-refractivity contribution in [1.29, 1.82) is 0 Å². The molecule has 0 aliphatic carbocycles. The molecule has 1 aliphatic rings. The SMILES string of the molecule is C=CCc1cc(C(=O)NC2CCN(C)CC2)cc(OC)c1OC. The van der Waals surface area contributed by atoms with Crippen LogP contribution in [0.2, 0.25) is 0 Å². The summed E-state index contributed by atoms with van der Waals surface area (Å²) >= 11 is 0. The number of ether oxygens (including phenoxy) is 2. The molecule has 1 aromatic rings. The first kappa shape index (κ1) is 17.3. The average Bonchev–Trinajstić information content (AvgIpc) is 2.56. The van der Waals surface area contributed by atoms with Crippen LogP contribution in [0.1, 0.15) is 28.8 Å². The van der Waals surface area contributed by atoms with Crippen LogP contribution in [0.5, 0.6) is 11.5 Å². The maximum Gasteiger partial charge on any atom is 0.251 e. The third-order valence-electron chi connectivity index (χ3n) is 4.24. The molecule has 5 nitrogen and oxygen atoms in total. The van der Waals surface area contributed by atoms with Crippen LogP contribution in [0.4, 0.5) is 0 Å². The molecule has 1 fully saturated rings. The second kappa shape index (κ2) is 8.02. The minimum Gasteiger partial charge on any atom is -0.493 e. The van der Waals surface area contributed by atoms with E-state index in [1.807, 2.05) is 6.07 Å². The van der Waals surface area contributed by atoms with Gasteiger partial charge >= 0.3 is 0 Å². The average molecular weight is 318 g/mol. The summed E-state index contributed by atoms with van der Waals surface area (Å²) in [4.78, 5) is 14.9. The van der Waals surface area contributed by atoms with Crippen molar-refractivity contribution >= 4 is 5.91 Å². The number of benzene rings is 1. The monoisotopic (exact) mass is 318 g/mol. The van der Waals surface area contributed by atoms with Gasteiger partial charge in [0.2, 0.25) is 0 Å². The number of hydrogen-bond donors (Lipinski definition) is 1. The van der Waals surface area contributed by atoms with E-state index >= 15 is 0 Å². The van der Waals surface area contributed by atoms with Crippen LogP contribution < -0.4 is 14.8 Å². The number of hydrogen-bond acceptors (Lipinski definition) is 4. The minimum atomic E-state index is -0.0641. The minimum absolute atomic E-state index is 0.0641. The first-order valence-corrected chi connectivity index (χ1v) is 7.94. The number of rotatable bonds is 6. The van der Waals surface area contributed by atoms with E-state index in [0.29, 0.717) is 23.5 Å². The molecule has 0 aromatic heterocycles. The van der Waals surface area contributed by atoms with Crippen LogP contribution in [-0.4, -0.2) is 51.2 Å². The fraction of sp³-hybridized carbons (Fsp3) is 0.500. The number of amides is 1. The second-order valence-electron chi connectivity index (χ2n) is 5.91. The van der Waals surface area contributed by atoms with Gasteiger partial charge in [0.15, 0.2) is 11.5 Å². The van der Waals surface area contributed by atoms with Crippen molar-refractivity contribution in [2.45, 2.75) is 25.3 Å². The quantitative estimate of drug-likeness (QED) is 0.818. The van der Waals surface area contributed by atoms with Gasteiger partial charge in [-0.15, -0.1) is 6.58 Å². The summed E-state index contributed by atoms with van der Waals surface area (Å²) in [5, 5.41) is 3.13. The van der Waals surface area contributed by atoms with Gasteiger partial charge in [0.05, 0.1) is 14.2 Å². The highest BCUT2D eigenvalue weighted by Crippen LogP contribution is 2.33. The van der Waals surface area contributed by atoms with E-state index in [1.165, 1.54) is 0 Å². The molecule has 1 amide bonds. The summed E-state index contributed by atoms with van der Waals surface area (Å²) in [5.41, 5.74) is 1.49. The first-order valence-electron chi connectivity index (χ1n) is 7.94. The third kappa shape index (κ3) is 4.26. The molecule has 1 heterocycles. The number of methoxy groups -OCH3 is 2. The zero-order chi connectivity index (χ0) is 16.8. The summed E-state index contributed by atoms with van der Waals surface area (Å²) < 4.78 is 10.8. The summed E-state index contributed by atoms with van der Waals surface area (Å²) in [6.07, 6.45) is 4.37. The van der Waals surface area contributed by atoms with Gasteiger partial charge in [-0.3, -0.25) is 4.79 Å². The molecule has 0 saturated carbocycles. The number of nitrogens with zero attached hydrogens (tertiary/aromatic N) is 1. The molecular formula is C18H26N2O3. The van der Waals surface area contributed by atoms with Gasteiger partial charge in [-0.1, -0.05) is 6.08 Å². The molecule has 0 radical (unpaired) electrons. The zero-order valence-electron chi connectivity index (χ0n) is 14.2. The Kier molecular flexibility index (Phi) is 6.04. The molecule has 1 aromatic carbocycles. The molecule has 0 unspecified atom stereocenters. The highest BCUT2D eigenvalue weighted by atomic mass is 16.5. The molecule has 0 atom stereocenters. The Balaban J connectivity index is 2.19. The number of nitrogens with one attached hydrogen (secondary N) is 1. The second-order valence-corrected chi connectivity index (χ2v) is 5.91. The van der Waals surface area contributed by atoms with Crippen molar-refractivity contribution < 1.29 is 14.3 Å². The van der Waals surface area contributed by atoms with Gasteiger partial charge in [-0.2, -0.15) is 0 Å². The Morgan fingerprint density at radius 2 is 2.04 bits per heavy atom. The number of likely N-dealkylation sites (tertiary alicyclic amines) is 1. The maximum atomic E-state index is 12.6.